The molecule has 2 nitrogen and oxygen atoms in total. The molecular formula is C11H21NO. The zero-order valence-corrected chi connectivity index (χ0v) is 9.26. The molecule has 0 radical (unpaired) electrons. The molecule has 0 aromatic rings. The molecule has 1 aliphatic heterocycles. The Morgan fingerprint density at radius 2 is 2.15 bits per heavy atom. The largest absolute Gasteiger partial charge is 0.300 e. The van der Waals surface area contributed by atoms with E-state index < -0.39 is 0 Å². The molecule has 1 aliphatic rings. The molecule has 0 aromatic carbocycles. The molecule has 0 amide bonds. The van der Waals surface area contributed by atoms with E-state index in [2.05, 4.69) is 32.6 Å². The van der Waals surface area contributed by atoms with E-state index >= 15 is 0 Å². The predicted octanol–water partition coefficient (Wildman–Crippen LogP) is 2.23. The Hall–Kier alpha value is -0.370. The number of carbonyl (C=O) groups excluding carboxylic acids is 1. The third kappa shape index (κ3) is 2.11. The molecule has 76 valence electrons. The van der Waals surface area contributed by atoms with Gasteiger partial charge in [-0.1, -0.05) is 6.92 Å². The van der Waals surface area contributed by atoms with Gasteiger partial charge in [0, 0.05) is 31.0 Å². The first-order chi connectivity index (χ1) is 5.99. The van der Waals surface area contributed by atoms with Gasteiger partial charge in [0.25, 0.3) is 0 Å². The maximum atomic E-state index is 11.4. The van der Waals surface area contributed by atoms with Gasteiger partial charge >= 0.3 is 0 Å². The number of rotatable bonds is 2. The van der Waals surface area contributed by atoms with Gasteiger partial charge in [-0.25, -0.2) is 0 Å². The van der Waals surface area contributed by atoms with Gasteiger partial charge in [0.2, 0.25) is 0 Å². The molecule has 1 rings (SSSR count). The van der Waals surface area contributed by atoms with Crippen LogP contribution in [-0.4, -0.2) is 28.8 Å². The Balaban J connectivity index is 2.77. The first kappa shape index (κ1) is 10.7. The summed E-state index contributed by atoms with van der Waals surface area (Å²) in [5, 5.41) is 0. The second-order valence-electron chi connectivity index (χ2n) is 4.60. The molecule has 1 unspecified atom stereocenters. The molecule has 0 saturated carbocycles. The van der Waals surface area contributed by atoms with Crippen LogP contribution in [0.1, 0.15) is 47.0 Å². The number of likely N-dealkylation sites (tertiary alicyclic amines) is 1. The topological polar surface area (TPSA) is 20.3 Å². The molecule has 1 saturated heterocycles. The van der Waals surface area contributed by atoms with Crippen LogP contribution >= 0.6 is 0 Å². The smallest absolute Gasteiger partial charge is 0.136 e. The van der Waals surface area contributed by atoms with E-state index in [4.69, 9.17) is 0 Å². The zero-order valence-electron chi connectivity index (χ0n) is 9.26. The number of hydrogen-bond donors (Lipinski definition) is 0. The van der Waals surface area contributed by atoms with Crippen molar-refractivity contribution in [3.05, 3.63) is 0 Å². The molecule has 0 bridgehead atoms. The number of piperidine rings is 1. The molecule has 0 aromatic heterocycles. The first-order valence-corrected chi connectivity index (χ1v) is 5.28. The minimum Gasteiger partial charge on any atom is -0.300 e. The molecule has 1 heterocycles. The van der Waals surface area contributed by atoms with E-state index in [1.54, 1.807) is 0 Å². The van der Waals surface area contributed by atoms with E-state index in [9.17, 15) is 4.79 Å². The second kappa shape index (κ2) is 3.79. The number of nitrogens with zero attached hydrogens (tertiary/aromatic N) is 1. The molecule has 0 N–H and O–H groups in total. The van der Waals surface area contributed by atoms with Crippen LogP contribution in [0.5, 0.6) is 0 Å². The highest BCUT2D eigenvalue weighted by Gasteiger charge is 2.37. The van der Waals surface area contributed by atoms with Gasteiger partial charge < -0.3 is 0 Å². The van der Waals surface area contributed by atoms with Crippen LogP contribution in [0.4, 0.5) is 0 Å². The lowest BCUT2D eigenvalue weighted by atomic mass is 9.84. The highest BCUT2D eigenvalue weighted by molar-refractivity contribution is 5.80. The van der Waals surface area contributed by atoms with E-state index in [0.29, 0.717) is 11.8 Å². The van der Waals surface area contributed by atoms with Gasteiger partial charge in [-0.05, 0) is 27.2 Å². The van der Waals surface area contributed by atoms with E-state index in [1.165, 1.54) is 0 Å². The first-order valence-electron chi connectivity index (χ1n) is 5.28. The van der Waals surface area contributed by atoms with Crippen LogP contribution in [0.3, 0.4) is 0 Å². The van der Waals surface area contributed by atoms with Crippen LogP contribution in [0.2, 0.25) is 0 Å². The third-order valence-electron chi connectivity index (χ3n) is 3.29. The number of hydrogen-bond acceptors (Lipinski definition) is 2. The lowest BCUT2D eigenvalue weighted by Gasteiger charge is -2.46. The summed E-state index contributed by atoms with van der Waals surface area (Å²) in [7, 11) is 0. The molecule has 2 heteroatoms. The van der Waals surface area contributed by atoms with Crippen molar-refractivity contribution in [2.24, 2.45) is 0 Å². The Labute approximate surface area is 81.3 Å². The minimum absolute atomic E-state index is 0.115. The number of Topliss-reactive ketones (excluding diaryl/α,β-unsaturated/α-hetero) is 1. The summed E-state index contributed by atoms with van der Waals surface area (Å²) in [6.07, 6.45) is 2.55. The molecule has 1 atom stereocenters. The van der Waals surface area contributed by atoms with Crippen molar-refractivity contribution in [2.75, 3.05) is 6.54 Å². The second-order valence-corrected chi connectivity index (χ2v) is 4.60. The van der Waals surface area contributed by atoms with Gasteiger partial charge in [0.15, 0.2) is 0 Å². The Morgan fingerprint density at radius 1 is 1.54 bits per heavy atom. The van der Waals surface area contributed by atoms with Gasteiger partial charge in [-0.3, -0.25) is 9.69 Å². The van der Waals surface area contributed by atoms with E-state index in [-0.39, 0.29) is 5.54 Å². The van der Waals surface area contributed by atoms with Crippen molar-refractivity contribution in [1.29, 1.82) is 0 Å². The SMILES string of the molecule is CCC1(C)CC(=O)CCN1C(C)C. The average Bonchev–Trinajstić information content (AvgIpc) is 2.03. The normalized spacial score (nSPS) is 31.3. The van der Waals surface area contributed by atoms with Gasteiger partial charge in [0.1, 0.15) is 5.78 Å². The van der Waals surface area contributed by atoms with Gasteiger partial charge in [-0.2, -0.15) is 0 Å². The molecular weight excluding hydrogens is 162 g/mol. The summed E-state index contributed by atoms with van der Waals surface area (Å²) in [5.74, 6) is 0.432. The summed E-state index contributed by atoms with van der Waals surface area (Å²) >= 11 is 0. The lowest BCUT2D eigenvalue weighted by Crippen LogP contribution is -2.54. The number of carbonyl (C=O) groups is 1. The molecule has 0 spiro atoms. The van der Waals surface area contributed by atoms with Crippen LogP contribution in [0, 0.1) is 0 Å². The molecule has 1 fully saturated rings. The monoisotopic (exact) mass is 183 g/mol. The van der Waals surface area contributed by atoms with Crippen molar-refractivity contribution in [1.82, 2.24) is 4.90 Å². The summed E-state index contributed by atoms with van der Waals surface area (Å²) in [4.78, 5) is 13.8. The van der Waals surface area contributed by atoms with Crippen LogP contribution < -0.4 is 0 Å². The van der Waals surface area contributed by atoms with Crippen molar-refractivity contribution in [3.63, 3.8) is 0 Å². The summed E-state index contributed by atoms with van der Waals surface area (Å²) < 4.78 is 0. The fourth-order valence-corrected chi connectivity index (χ4v) is 2.34. The highest BCUT2D eigenvalue weighted by Crippen LogP contribution is 2.30. The maximum Gasteiger partial charge on any atom is 0.136 e. The summed E-state index contributed by atoms with van der Waals surface area (Å²) in [6, 6.07) is 0.554. The fraction of sp³-hybridized carbons (Fsp3) is 0.909. The molecule has 0 aliphatic carbocycles. The van der Waals surface area contributed by atoms with Gasteiger partial charge in [0.05, 0.1) is 0 Å². The van der Waals surface area contributed by atoms with Crippen molar-refractivity contribution >= 4 is 5.78 Å². The van der Waals surface area contributed by atoms with Crippen molar-refractivity contribution in [3.8, 4) is 0 Å². The highest BCUT2D eigenvalue weighted by atomic mass is 16.1. The lowest BCUT2D eigenvalue weighted by molar-refractivity contribution is -0.127. The van der Waals surface area contributed by atoms with E-state index in [0.717, 1.165) is 25.8 Å². The van der Waals surface area contributed by atoms with Crippen LogP contribution in [-0.2, 0) is 4.79 Å². The Morgan fingerprint density at radius 3 is 2.62 bits per heavy atom. The van der Waals surface area contributed by atoms with Crippen molar-refractivity contribution in [2.45, 2.75) is 58.5 Å². The summed E-state index contributed by atoms with van der Waals surface area (Å²) in [5.41, 5.74) is 0.115. The van der Waals surface area contributed by atoms with Gasteiger partial charge in [-0.15, -0.1) is 0 Å². The Bertz CT molecular complexity index is 200. The minimum atomic E-state index is 0.115. The summed E-state index contributed by atoms with van der Waals surface area (Å²) in [6.45, 7) is 9.76. The number of ketones is 1. The Kier molecular flexibility index (Phi) is 3.12. The molecule has 13 heavy (non-hydrogen) atoms. The maximum absolute atomic E-state index is 11.4. The fourth-order valence-electron chi connectivity index (χ4n) is 2.34. The zero-order chi connectivity index (χ0) is 10.1. The van der Waals surface area contributed by atoms with Crippen molar-refractivity contribution < 1.29 is 4.79 Å². The van der Waals surface area contributed by atoms with Crippen LogP contribution in [0.25, 0.3) is 0 Å². The standard InChI is InChI=1S/C11H21NO/c1-5-11(4)8-10(13)6-7-12(11)9(2)3/h9H,5-8H2,1-4H3. The average molecular weight is 183 g/mol. The van der Waals surface area contributed by atoms with E-state index in [1.807, 2.05) is 0 Å². The quantitative estimate of drug-likeness (QED) is 0.654. The predicted molar refractivity (Wildman–Crippen MR) is 54.8 cm³/mol. The van der Waals surface area contributed by atoms with Crippen LogP contribution in [0.15, 0.2) is 0 Å². The third-order valence-corrected chi connectivity index (χ3v) is 3.29.